The largest absolute Gasteiger partial charge is 0.435 e. The van der Waals surface area contributed by atoms with Gasteiger partial charge in [-0.15, -0.1) is 0 Å². The van der Waals surface area contributed by atoms with Crippen LogP contribution in [0.2, 0.25) is 0 Å². The lowest BCUT2D eigenvalue weighted by molar-refractivity contribution is -0.141. The van der Waals surface area contributed by atoms with Crippen molar-refractivity contribution >= 4 is 11.6 Å². The van der Waals surface area contributed by atoms with Crippen molar-refractivity contribution in [1.82, 2.24) is 15.1 Å². The number of anilines is 1. The summed E-state index contributed by atoms with van der Waals surface area (Å²) in [5.74, 6) is -0.00479. The van der Waals surface area contributed by atoms with E-state index in [4.69, 9.17) is 0 Å². The second-order valence-electron chi connectivity index (χ2n) is 9.88. The number of amides is 1. The lowest BCUT2D eigenvalue weighted by atomic mass is 9.93. The molecule has 1 atom stereocenters. The summed E-state index contributed by atoms with van der Waals surface area (Å²) >= 11 is 0. The van der Waals surface area contributed by atoms with Crippen molar-refractivity contribution in [1.29, 1.82) is 0 Å². The molecule has 1 aliphatic carbocycles. The molecule has 38 heavy (non-hydrogen) atoms. The maximum atomic E-state index is 13.5. The molecular formula is C30H29F3N4O. The predicted octanol–water partition coefficient (Wildman–Crippen LogP) is 6.85. The Bertz CT molecular complexity index is 1440. The molecule has 196 valence electrons. The average molecular weight is 519 g/mol. The smallest absolute Gasteiger partial charge is 0.321 e. The van der Waals surface area contributed by atoms with E-state index in [9.17, 15) is 18.0 Å². The molecule has 0 bridgehead atoms. The van der Waals surface area contributed by atoms with Crippen LogP contribution in [0.15, 0.2) is 78.9 Å². The number of aryl methyl sites for hydroxylation is 2. The number of benzene rings is 3. The number of nitrogens with zero attached hydrogens (tertiary/aromatic N) is 2. The van der Waals surface area contributed by atoms with E-state index in [1.807, 2.05) is 18.2 Å². The topological polar surface area (TPSA) is 58.9 Å². The first-order chi connectivity index (χ1) is 18.2. The molecule has 0 aliphatic heterocycles. The van der Waals surface area contributed by atoms with Crippen molar-refractivity contribution in [3.8, 4) is 5.69 Å². The molecule has 4 aromatic rings. The summed E-state index contributed by atoms with van der Waals surface area (Å²) in [5, 5.41) is 10.2. The highest BCUT2D eigenvalue weighted by atomic mass is 19.4. The van der Waals surface area contributed by atoms with E-state index in [1.165, 1.54) is 12.8 Å². The number of aromatic nitrogens is 2. The van der Waals surface area contributed by atoms with Crippen LogP contribution in [0.4, 0.5) is 18.9 Å². The van der Waals surface area contributed by atoms with Crippen LogP contribution in [-0.4, -0.2) is 22.2 Å². The monoisotopic (exact) mass is 518 g/mol. The zero-order valence-electron chi connectivity index (χ0n) is 21.2. The first-order valence-electron chi connectivity index (χ1n) is 12.6. The van der Waals surface area contributed by atoms with Gasteiger partial charge in [0.15, 0.2) is 5.69 Å². The predicted molar refractivity (Wildman–Crippen MR) is 141 cm³/mol. The standard InChI is InChI=1S/C30H29F3N4O/c1-19-11-12-20(2)25(15-19)28(34-18-21-13-14-21)22-7-6-8-23(16-22)35-29(38)26-17-27(30(31,32)33)36-37(26)24-9-4-3-5-10-24/h3-12,15-17,21,28,34H,13-14,18H2,1-2H3,(H,35,38). The Balaban J connectivity index is 1.46. The van der Waals surface area contributed by atoms with E-state index >= 15 is 0 Å². The van der Waals surface area contributed by atoms with Gasteiger partial charge in [0.1, 0.15) is 5.69 Å². The fraction of sp³-hybridized carbons (Fsp3) is 0.267. The Morgan fingerprint density at radius 3 is 2.47 bits per heavy atom. The van der Waals surface area contributed by atoms with Crippen LogP contribution >= 0.6 is 0 Å². The fourth-order valence-electron chi connectivity index (χ4n) is 4.52. The molecule has 1 aromatic heterocycles. The zero-order chi connectivity index (χ0) is 26.9. The van der Waals surface area contributed by atoms with Crippen molar-refractivity contribution < 1.29 is 18.0 Å². The lowest BCUT2D eigenvalue weighted by Gasteiger charge is -2.23. The number of nitrogens with one attached hydrogen (secondary N) is 2. The van der Waals surface area contributed by atoms with Crippen molar-refractivity contribution in [3.05, 3.63) is 113 Å². The number of para-hydroxylation sites is 1. The number of halogens is 3. The zero-order valence-corrected chi connectivity index (χ0v) is 21.2. The minimum absolute atomic E-state index is 0.0842. The van der Waals surface area contributed by atoms with Gasteiger partial charge in [0.2, 0.25) is 0 Å². The molecule has 1 unspecified atom stereocenters. The normalized spacial score (nSPS) is 14.3. The first-order valence-corrected chi connectivity index (χ1v) is 12.6. The molecule has 0 radical (unpaired) electrons. The molecule has 1 heterocycles. The molecule has 1 fully saturated rings. The van der Waals surface area contributed by atoms with Gasteiger partial charge < -0.3 is 10.6 Å². The minimum Gasteiger partial charge on any atom is -0.321 e. The van der Waals surface area contributed by atoms with E-state index < -0.39 is 17.8 Å². The van der Waals surface area contributed by atoms with Crippen LogP contribution in [0, 0.1) is 19.8 Å². The first kappa shape index (κ1) is 25.7. The Kier molecular flexibility index (Phi) is 7.08. The molecule has 1 saturated carbocycles. The third-order valence-electron chi connectivity index (χ3n) is 6.76. The van der Waals surface area contributed by atoms with Crippen molar-refractivity contribution in [2.24, 2.45) is 5.92 Å². The number of hydrogen-bond acceptors (Lipinski definition) is 3. The maximum Gasteiger partial charge on any atom is 0.435 e. The highest BCUT2D eigenvalue weighted by Crippen LogP contribution is 2.33. The van der Waals surface area contributed by atoms with Gasteiger partial charge in [-0.1, -0.05) is 54.1 Å². The van der Waals surface area contributed by atoms with Crippen molar-refractivity contribution in [2.45, 2.75) is 38.9 Å². The fourth-order valence-corrected chi connectivity index (χ4v) is 4.52. The molecule has 1 aliphatic rings. The van der Waals surface area contributed by atoms with Crippen molar-refractivity contribution in [2.75, 3.05) is 11.9 Å². The van der Waals surface area contributed by atoms with E-state index in [0.717, 1.165) is 39.5 Å². The Morgan fingerprint density at radius 1 is 1.00 bits per heavy atom. The third-order valence-corrected chi connectivity index (χ3v) is 6.76. The lowest BCUT2D eigenvalue weighted by Crippen LogP contribution is -2.25. The number of alkyl halides is 3. The van der Waals surface area contributed by atoms with Crippen LogP contribution in [0.3, 0.4) is 0 Å². The molecule has 3 aromatic carbocycles. The summed E-state index contributed by atoms with van der Waals surface area (Å²) in [6.45, 7) is 5.03. The van der Waals surface area contributed by atoms with Gasteiger partial charge in [0, 0.05) is 11.8 Å². The highest BCUT2D eigenvalue weighted by Gasteiger charge is 2.36. The number of rotatable bonds is 8. The van der Waals surface area contributed by atoms with Gasteiger partial charge in [-0.2, -0.15) is 18.3 Å². The SMILES string of the molecule is Cc1ccc(C)c(C(NCC2CC2)c2cccc(NC(=O)c3cc(C(F)(F)F)nn3-c3ccccc3)c2)c1. The molecule has 5 nitrogen and oxygen atoms in total. The average Bonchev–Trinajstić information content (AvgIpc) is 3.60. The molecule has 5 rings (SSSR count). The van der Waals surface area contributed by atoms with Crippen LogP contribution in [-0.2, 0) is 6.18 Å². The van der Waals surface area contributed by atoms with Gasteiger partial charge in [-0.3, -0.25) is 4.79 Å². The van der Waals surface area contributed by atoms with Crippen LogP contribution < -0.4 is 10.6 Å². The number of carbonyl (C=O) groups is 1. The maximum absolute atomic E-state index is 13.5. The third kappa shape index (κ3) is 5.81. The van der Waals surface area contributed by atoms with Crippen LogP contribution in [0.5, 0.6) is 0 Å². The van der Waals surface area contributed by atoms with E-state index in [0.29, 0.717) is 17.3 Å². The number of carbonyl (C=O) groups excluding carboxylic acids is 1. The highest BCUT2D eigenvalue weighted by molar-refractivity contribution is 6.03. The Morgan fingerprint density at radius 2 is 1.76 bits per heavy atom. The van der Waals surface area contributed by atoms with Crippen LogP contribution in [0.1, 0.15) is 57.3 Å². The van der Waals surface area contributed by atoms with E-state index in [1.54, 1.807) is 36.4 Å². The van der Waals surface area contributed by atoms with E-state index in [-0.39, 0.29) is 11.7 Å². The summed E-state index contributed by atoms with van der Waals surface area (Å²) in [4.78, 5) is 13.3. The van der Waals surface area contributed by atoms with E-state index in [2.05, 4.69) is 47.8 Å². The quantitative estimate of drug-likeness (QED) is 0.268. The molecular weight excluding hydrogens is 489 g/mol. The Hall–Kier alpha value is -3.91. The van der Waals surface area contributed by atoms with Gasteiger partial charge in [-0.25, -0.2) is 4.68 Å². The summed E-state index contributed by atoms with van der Waals surface area (Å²) in [7, 11) is 0. The van der Waals surface area contributed by atoms with Crippen LogP contribution in [0.25, 0.3) is 5.69 Å². The summed E-state index contributed by atoms with van der Waals surface area (Å²) in [5.41, 5.74) is 3.96. The Labute approximate surface area is 219 Å². The molecule has 2 N–H and O–H groups in total. The van der Waals surface area contributed by atoms with Gasteiger partial charge in [0.05, 0.1) is 11.7 Å². The van der Waals surface area contributed by atoms with Crippen molar-refractivity contribution in [3.63, 3.8) is 0 Å². The molecule has 8 heteroatoms. The summed E-state index contributed by atoms with van der Waals surface area (Å²) < 4.78 is 41.4. The van der Waals surface area contributed by atoms with Gasteiger partial charge in [-0.05, 0) is 80.1 Å². The second-order valence-corrected chi connectivity index (χ2v) is 9.88. The number of hydrogen-bond donors (Lipinski definition) is 2. The van der Waals surface area contributed by atoms with Gasteiger partial charge in [0.25, 0.3) is 5.91 Å². The molecule has 1 amide bonds. The summed E-state index contributed by atoms with van der Waals surface area (Å²) in [6.07, 6.45) is -2.24. The minimum atomic E-state index is -4.68. The second kappa shape index (κ2) is 10.5. The molecule has 0 spiro atoms. The van der Waals surface area contributed by atoms with Gasteiger partial charge >= 0.3 is 6.18 Å². The summed E-state index contributed by atoms with van der Waals surface area (Å²) in [6, 6.07) is 22.8. The molecule has 0 saturated heterocycles.